The number of furan rings is 1. The summed E-state index contributed by atoms with van der Waals surface area (Å²) in [6.45, 7) is 6.67. The summed E-state index contributed by atoms with van der Waals surface area (Å²) in [5.74, 6) is -4.46. The molecule has 0 saturated carbocycles. The van der Waals surface area contributed by atoms with Crippen LogP contribution in [0.5, 0.6) is 0 Å². The number of rotatable bonds is 3. The Morgan fingerprint density at radius 1 is 0.971 bits per heavy atom. The van der Waals surface area contributed by atoms with Gasteiger partial charge in [0.1, 0.15) is 5.76 Å². The first-order valence-electron chi connectivity index (χ1n) is 10.6. The molecule has 0 spiro atoms. The summed E-state index contributed by atoms with van der Waals surface area (Å²) in [5.41, 5.74) is 0. The van der Waals surface area contributed by atoms with E-state index in [0.717, 1.165) is 51.8 Å². The van der Waals surface area contributed by atoms with E-state index in [1.807, 2.05) is 6.07 Å². The lowest BCUT2D eigenvalue weighted by atomic mass is 10.00. The van der Waals surface area contributed by atoms with Crippen LogP contribution in [0.1, 0.15) is 18.6 Å². The third-order valence-electron chi connectivity index (χ3n) is 5.54. The quantitative estimate of drug-likeness (QED) is 0.581. The molecule has 4 heterocycles. The van der Waals surface area contributed by atoms with Crippen LogP contribution in [0.4, 0.5) is 26.3 Å². The molecule has 1 aromatic rings. The third-order valence-corrected chi connectivity index (χ3v) is 5.54. The minimum Gasteiger partial charge on any atom is -0.475 e. The van der Waals surface area contributed by atoms with Crippen molar-refractivity contribution in [1.82, 2.24) is 9.80 Å². The number of aliphatic carboxylic acids is 2. The van der Waals surface area contributed by atoms with Crippen molar-refractivity contribution in [2.45, 2.75) is 49.9 Å². The van der Waals surface area contributed by atoms with E-state index < -0.39 is 24.3 Å². The fourth-order valence-corrected chi connectivity index (χ4v) is 4.04. The highest BCUT2D eigenvalue weighted by Crippen LogP contribution is 2.33. The molecule has 0 amide bonds. The summed E-state index contributed by atoms with van der Waals surface area (Å²) < 4.78 is 80.7. The first-order valence-corrected chi connectivity index (χ1v) is 10.6. The first-order chi connectivity index (χ1) is 16.3. The number of halogens is 6. The van der Waals surface area contributed by atoms with Crippen molar-refractivity contribution in [2.75, 3.05) is 39.5 Å². The number of fused-ring (bicyclic) bond motifs is 1. The summed E-state index contributed by atoms with van der Waals surface area (Å²) in [4.78, 5) is 22.9. The number of carboxylic acids is 2. The maximum Gasteiger partial charge on any atom is 0.490 e. The fourth-order valence-electron chi connectivity index (χ4n) is 4.04. The number of hydrogen-bond donors (Lipinski definition) is 2. The van der Waals surface area contributed by atoms with Gasteiger partial charge in [0.05, 0.1) is 38.2 Å². The normalized spacial score (nSPS) is 25.5. The molecule has 1 aromatic heterocycles. The Kier molecular flexibility index (Phi) is 10.4. The zero-order valence-corrected chi connectivity index (χ0v) is 18.4. The van der Waals surface area contributed by atoms with Gasteiger partial charge >= 0.3 is 24.3 Å². The van der Waals surface area contributed by atoms with Gasteiger partial charge in [-0.3, -0.25) is 9.80 Å². The number of ether oxygens (including phenoxy) is 2. The monoisotopic (exact) mass is 520 g/mol. The number of carboxylic acid groups (broad SMARTS) is 2. The largest absolute Gasteiger partial charge is 0.490 e. The van der Waals surface area contributed by atoms with Crippen LogP contribution in [-0.4, -0.2) is 102 Å². The van der Waals surface area contributed by atoms with E-state index in [-0.39, 0.29) is 0 Å². The molecule has 0 bridgehead atoms. The molecule has 9 nitrogen and oxygen atoms in total. The zero-order chi connectivity index (χ0) is 26.2. The van der Waals surface area contributed by atoms with Crippen molar-refractivity contribution >= 4 is 11.9 Å². The average molecular weight is 520 g/mol. The molecule has 2 N–H and O–H groups in total. The first kappa shape index (κ1) is 28.9. The fraction of sp³-hybridized carbons (Fsp3) is 0.700. The summed E-state index contributed by atoms with van der Waals surface area (Å²) in [6.07, 6.45) is -5.63. The van der Waals surface area contributed by atoms with Gasteiger partial charge in [-0.25, -0.2) is 9.59 Å². The molecule has 3 fully saturated rings. The second-order valence-electron chi connectivity index (χ2n) is 7.88. The molecule has 3 saturated heterocycles. The minimum absolute atomic E-state index is 0.354. The van der Waals surface area contributed by atoms with Gasteiger partial charge in [0, 0.05) is 32.3 Å². The summed E-state index contributed by atoms with van der Waals surface area (Å²) >= 11 is 0. The van der Waals surface area contributed by atoms with Gasteiger partial charge in [-0.2, -0.15) is 26.3 Å². The average Bonchev–Trinajstić information content (AvgIpc) is 3.43. The van der Waals surface area contributed by atoms with E-state index in [0.29, 0.717) is 18.2 Å². The summed E-state index contributed by atoms with van der Waals surface area (Å²) in [5, 5.41) is 14.2. The van der Waals surface area contributed by atoms with Gasteiger partial charge in [-0.1, -0.05) is 0 Å². The van der Waals surface area contributed by atoms with Gasteiger partial charge in [-0.05, 0) is 25.0 Å². The van der Waals surface area contributed by atoms with Crippen molar-refractivity contribution in [3.8, 4) is 0 Å². The van der Waals surface area contributed by atoms with Crippen LogP contribution in [0.25, 0.3) is 0 Å². The second kappa shape index (κ2) is 12.6. The Balaban J connectivity index is 0.000000257. The van der Waals surface area contributed by atoms with E-state index in [1.54, 1.807) is 6.26 Å². The Labute approximate surface area is 196 Å². The van der Waals surface area contributed by atoms with Gasteiger partial charge < -0.3 is 24.1 Å². The predicted molar refractivity (Wildman–Crippen MR) is 105 cm³/mol. The third kappa shape index (κ3) is 8.98. The Morgan fingerprint density at radius 3 is 2.03 bits per heavy atom. The van der Waals surface area contributed by atoms with Crippen LogP contribution in [0, 0.1) is 0 Å². The Bertz CT molecular complexity index is 773. The molecule has 0 aromatic carbocycles. The molecular weight excluding hydrogens is 494 g/mol. The maximum absolute atomic E-state index is 10.6. The van der Waals surface area contributed by atoms with Crippen LogP contribution in [0.2, 0.25) is 0 Å². The molecule has 0 unspecified atom stereocenters. The van der Waals surface area contributed by atoms with Crippen LogP contribution >= 0.6 is 0 Å². The van der Waals surface area contributed by atoms with Gasteiger partial charge in [0.2, 0.25) is 0 Å². The predicted octanol–water partition coefficient (Wildman–Crippen LogP) is 2.61. The molecule has 3 aliphatic rings. The standard InChI is InChI=1S/C16H24N2O3.2C2HF3O2/c1-3-13(20-7-1)11-18-12-15(17-5-9-19-10-6-17)16-14(18)4-2-8-21-16;2*3-2(4,5)1(6)7/h1,3,7,14-16H,2,4-6,8-12H2;2*(H,6,7)/t14-,15-,16+;;/m0../s1. The lowest BCUT2D eigenvalue weighted by Gasteiger charge is -2.37. The molecule has 15 heteroatoms. The van der Waals surface area contributed by atoms with Gasteiger partial charge in [0.25, 0.3) is 0 Å². The van der Waals surface area contributed by atoms with Crippen LogP contribution in [-0.2, 0) is 25.6 Å². The number of carbonyl (C=O) groups is 2. The Hall–Kier alpha value is -2.36. The number of likely N-dealkylation sites (tertiary alicyclic amines) is 1. The molecule has 0 aliphatic carbocycles. The number of morpholine rings is 1. The maximum atomic E-state index is 10.6. The van der Waals surface area contributed by atoms with Gasteiger partial charge in [0.15, 0.2) is 0 Å². The zero-order valence-electron chi connectivity index (χ0n) is 18.4. The molecule has 3 atom stereocenters. The molecule has 35 heavy (non-hydrogen) atoms. The lowest BCUT2D eigenvalue weighted by Crippen LogP contribution is -2.51. The summed E-state index contributed by atoms with van der Waals surface area (Å²) in [7, 11) is 0. The molecule has 3 aliphatic heterocycles. The highest BCUT2D eigenvalue weighted by molar-refractivity contribution is 5.73. The molecular formula is C20H26F6N2O7. The lowest BCUT2D eigenvalue weighted by molar-refractivity contribution is -0.193. The number of hydrogen-bond acceptors (Lipinski definition) is 7. The minimum atomic E-state index is -5.08. The van der Waals surface area contributed by atoms with E-state index in [1.165, 1.54) is 12.8 Å². The highest BCUT2D eigenvalue weighted by atomic mass is 19.4. The topological polar surface area (TPSA) is 113 Å². The highest BCUT2D eigenvalue weighted by Gasteiger charge is 2.46. The van der Waals surface area contributed by atoms with Crippen LogP contribution in [0.3, 0.4) is 0 Å². The SMILES string of the molecule is O=C(O)C(F)(F)F.O=C(O)C(F)(F)F.c1coc(CN2C[C@H](N3CCOCC3)[C@@H]3OCCC[C@@H]32)c1. The van der Waals surface area contributed by atoms with Crippen LogP contribution in [0.15, 0.2) is 22.8 Å². The number of nitrogens with zero attached hydrogens (tertiary/aromatic N) is 2. The van der Waals surface area contributed by atoms with E-state index in [4.69, 9.17) is 33.7 Å². The van der Waals surface area contributed by atoms with E-state index in [9.17, 15) is 26.3 Å². The van der Waals surface area contributed by atoms with E-state index >= 15 is 0 Å². The second-order valence-corrected chi connectivity index (χ2v) is 7.88. The van der Waals surface area contributed by atoms with Crippen LogP contribution < -0.4 is 0 Å². The van der Waals surface area contributed by atoms with Gasteiger partial charge in [-0.15, -0.1) is 0 Å². The van der Waals surface area contributed by atoms with E-state index in [2.05, 4.69) is 15.9 Å². The van der Waals surface area contributed by atoms with Crippen molar-refractivity contribution < 1.29 is 60.0 Å². The van der Waals surface area contributed by atoms with Crippen molar-refractivity contribution in [1.29, 1.82) is 0 Å². The van der Waals surface area contributed by atoms with Crippen molar-refractivity contribution in [3.63, 3.8) is 0 Å². The molecule has 4 rings (SSSR count). The number of alkyl halides is 6. The van der Waals surface area contributed by atoms with Crippen molar-refractivity contribution in [3.05, 3.63) is 24.2 Å². The summed E-state index contributed by atoms with van der Waals surface area (Å²) in [6, 6.07) is 5.09. The van der Waals surface area contributed by atoms with Crippen molar-refractivity contribution in [2.24, 2.45) is 0 Å². The molecule has 0 radical (unpaired) electrons. The molecule has 200 valence electrons. The Morgan fingerprint density at radius 2 is 1.54 bits per heavy atom. The smallest absolute Gasteiger partial charge is 0.475 e.